The molecule has 2 amide bonds. The van der Waals surface area contributed by atoms with Gasteiger partial charge in [0, 0.05) is 12.6 Å². The van der Waals surface area contributed by atoms with E-state index in [1.165, 1.54) is 19.3 Å². The van der Waals surface area contributed by atoms with Crippen LogP contribution in [0, 0.1) is 0 Å². The SMILES string of the molecule is CNC(=O)NC1(C)CCCCC1. The molecule has 1 aliphatic rings. The van der Waals surface area contributed by atoms with Gasteiger partial charge in [-0.1, -0.05) is 19.3 Å². The van der Waals surface area contributed by atoms with Crippen molar-refractivity contribution in [3.63, 3.8) is 0 Å². The molecule has 1 aliphatic carbocycles. The van der Waals surface area contributed by atoms with Gasteiger partial charge in [0.15, 0.2) is 0 Å². The van der Waals surface area contributed by atoms with Crippen molar-refractivity contribution in [3.8, 4) is 0 Å². The Morgan fingerprint density at radius 1 is 1.25 bits per heavy atom. The van der Waals surface area contributed by atoms with Crippen LogP contribution in [0.25, 0.3) is 0 Å². The quantitative estimate of drug-likeness (QED) is 0.617. The fourth-order valence-electron chi connectivity index (χ4n) is 1.79. The molecule has 0 aromatic carbocycles. The second-order valence-electron chi connectivity index (χ2n) is 3.83. The van der Waals surface area contributed by atoms with Crippen LogP contribution >= 0.6 is 0 Å². The highest BCUT2D eigenvalue weighted by Gasteiger charge is 2.27. The highest BCUT2D eigenvalue weighted by molar-refractivity contribution is 5.74. The number of carbonyl (C=O) groups excluding carboxylic acids is 1. The van der Waals surface area contributed by atoms with Crippen LogP contribution in [-0.2, 0) is 0 Å². The fourth-order valence-corrected chi connectivity index (χ4v) is 1.79. The molecule has 0 saturated heterocycles. The number of amides is 2. The van der Waals surface area contributed by atoms with Crippen LogP contribution in [-0.4, -0.2) is 18.6 Å². The van der Waals surface area contributed by atoms with Gasteiger partial charge in [-0.3, -0.25) is 0 Å². The summed E-state index contributed by atoms with van der Waals surface area (Å²) < 4.78 is 0. The third kappa shape index (κ3) is 2.40. The van der Waals surface area contributed by atoms with Crippen molar-refractivity contribution in [2.75, 3.05) is 7.05 Å². The molecule has 12 heavy (non-hydrogen) atoms. The minimum atomic E-state index is -0.0561. The predicted octanol–water partition coefficient (Wildman–Crippen LogP) is 1.64. The summed E-state index contributed by atoms with van der Waals surface area (Å²) in [7, 11) is 1.65. The van der Waals surface area contributed by atoms with Crippen molar-refractivity contribution >= 4 is 6.03 Å². The first-order valence-electron chi connectivity index (χ1n) is 4.66. The minimum absolute atomic E-state index is 0.0400. The van der Waals surface area contributed by atoms with E-state index in [-0.39, 0.29) is 11.6 Å². The molecule has 3 heteroatoms. The van der Waals surface area contributed by atoms with Gasteiger partial charge in [0.1, 0.15) is 0 Å². The molecule has 2 N–H and O–H groups in total. The Kier molecular flexibility index (Phi) is 2.95. The summed E-state index contributed by atoms with van der Waals surface area (Å²) in [6, 6.07) is -0.0561. The molecule has 1 saturated carbocycles. The first-order valence-corrected chi connectivity index (χ1v) is 4.66. The fraction of sp³-hybridized carbons (Fsp3) is 0.889. The van der Waals surface area contributed by atoms with E-state index < -0.39 is 0 Å². The lowest BCUT2D eigenvalue weighted by atomic mass is 9.83. The van der Waals surface area contributed by atoms with Crippen molar-refractivity contribution in [1.82, 2.24) is 10.6 Å². The predicted molar refractivity (Wildman–Crippen MR) is 49.1 cm³/mol. The molecule has 0 radical (unpaired) electrons. The van der Waals surface area contributed by atoms with Gasteiger partial charge in [0.25, 0.3) is 0 Å². The van der Waals surface area contributed by atoms with Gasteiger partial charge < -0.3 is 10.6 Å². The van der Waals surface area contributed by atoms with Crippen LogP contribution in [0.5, 0.6) is 0 Å². The van der Waals surface area contributed by atoms with Gasteiger partial charge in [-0.05, 0) is 19.8 Å². The third-order valence-electron chi connectivity index (χ3n) is 2.60. The Morgan fingerprint density at radius 3 is 2.33 bits per heavy atom. The summed E-state index contributed by atoms with van der Waals surface area (Å²) in [4.78, 5) is 11.1. The van der Waals surface area contributed by atoms with Crippen LogP contribution in [0.4, 0.5) is 4.79 Å². The zero-order chi connectivity index (χ0) is 9.03. The summed E-state index contributed by atoms with van der Waals surface area (Å²) in [5, 5.41) is 5.58. The zero-order valence-electron chi connectivity index (χ0n) is 7.94. The monoisotopic (exact) mass is 170 g/mol. The molecule has 70 valence electrons. The van der Waals surface area contributed by atoms with Crippen molar-refractivity contribution in [1.29, 1.82) is 0 Å². The second-order valence-corrected chi connectivity index (χ2v) is 3.83. The first-order chi connectivity index (χ1) is 5.66. The van der Waals surface area contributed by atoms with E-state index >= 15 is 0 Å². The Bertz CT molecular complexity index is 162. The van der Waals surface area contributed by atoms with E-state index in [4.69, 9.17) is 0 Å². The summed E-state index contributed by atoms with van der Waals surface area (Å²) >= 11 is 0. The number of urea groups is 1. The Balaban J connectivity index is 2.41. The highest BCUT2D eigenvalue weighted by Crippen LogP contribution is 2.27. The van der Waals surface area contributed by atoms with Gasteiger partial charge in [0.2, 0.25) is 0 Å². The van der Waals surface area contributed by atoms with Crippen LogP contribution < -0.4 is 10.6 Å². The number of nitrogens with one attached hydrogen (secondary N) is 2. The van der Waals surface area contributed by atoms with Crippen LogP contribution in [0.3, 0.4) is 0 Å². The first kappa shape index (κ1) is 9.36. The molecule has 1 fully saturated rings. The number of carbonyl (C=O) groups is 1. The molecule has 0 aromatic heterocycles. The molecule has 0 spiro atoms. The lowest BCUT2D eigenvalue weighted by Crippen LogP contribution is -2.50. The number of hydrogen-bond acceptors (Lipinski definition) is 1. The molecular weight excluding hydrogens is 152 g/mol. The van der Waals surface area contributed by atoms with E-state index in [9.17, 15) is 4.79 Å². The van der Waals surface area contributed by atoms with E-state index in [1.54, 1.807) is 7.05 Å². The maximum atomic E-state index is 11.1. The summed E-state index contributed by atoms with van der Waals surface area (Å²) in [6.45, 7) is 2.13. The lowest BCUT2D eigenvalue weighted by molar-refractivity contribution is 0.213. The van der Waals surface area contributed by atoms with E-state index in [0.717, 1.165) is 12.8 Å². The highest BCUT2D eigenvalue weighted by atomic mass is 16.2. The molecule has 0 unspecified atom stereocenters. The third-order valence-corrected chi connectivity index (χ3v) is 2.60. The molecule has 1 rings (SSSR count). The Labute approximate surface area is 73.9 Å². The van der Waals surface area contributed by atoms with Crippen LogP contribution in [0.2, 0.25) is 0 Å². The molecule has 0 heterocycles. The van der Waals surface area contributed by atoms with Crippen molar-refractivity contribution in [2.24, 2.45) is 0 Å². The van der Waals surface area contributed by atoms with E-state index in [0.29, 0.717) is 0 Å². The van der Waals surface area contributed by atoms with Gasteiger partial charge in [-0.2, -0.15) is 0 Å². The minimum Gasteiger partial charge on any atom is -0.341 e. The van der Waals surface area contributed by atoms with Crippen molar-refractivity contribution in [3.05, 3.63) is 0 Å². The van der Waals surface area contributed by atoms with Gasteiger partial charge >= 0.3 is 6.03 Å². The molecule has 0 atom stereocenters. The van der Waals surface area contributed by atoms with Gasteiger partial charge in [-0.15, -0.1) is 0 Å². The molecule has 0 aliphatic heterocycles. The van der Waals surface area contributed by atoms with E-state index in [1.807, 2.05) is 0 Å². The molecule has 0 aromatic rings. The van der Waals surface area contributed by atoms with E-state index in [2.05, 4.69) is 17.6 Å². The normalized spacial score (nSPS) is 21.5. The standard InChI is InChI=1S/C9H18N2O/c1-9(11-8(12)10-2)6-4-3-5-7-9/h3-7H2,1-2H3,(H2,10,11,12). The Hall–Kier alpha value is -0.730. The summed E-state index contributed by atoms with van der Waals surface area (Å²) in [6.07, 6.45) is 6.01. The second kappa shape index (κ2) is 3.78. The average Bonchev–Trinajstić information content (AvgIpc) is 2.05. The molecule has 0 bridgehead atoms. The number of rotatable bonds is 1. The molecule has 3 nitrogen and oxygen atoms in total. The smallest absolute Gasteiger partial charge is 0.314 e. The van der Waals surface area contributed by atoms with Crippen molar-refractivity contribution in [2.45, 2.75) is 44.6 Å². The summed E-state index contributed by atoms with van der Waals surface area (Å²) in [5.41, 5.74) is 0.0400. The lowest BCUT2D eigenvalue weighted by Gasteiger charge is -2.34. The molecular formula is C9H18N2O. The summed E-state index contributed by atoms with van der Waals surface area (Å²) in [5.74, 6) is 0. The Morgan fingerprint density at radius 2 is 1.83 bits per heavy atom. The topological polar surface area (TPSA) is 41.1 Å². The maximum Gasteiger partial charge on any atom is 0.314 e. The number of hydrogen-bond donors (Lipinski definition) is 2. The largest absolute Gasteiger partial charge is 0.341 e. The average molecular weight is 170 g/mol. The van der Waals surface area contributed by atoms with Gasteiger partial charge in [-0.25, -0.2) is 4.79 Å². The van der Waals surface area contributed by atoms with Crippen LogP contribution in [0.1, 0.15) is 39.0 Å². The zero-order valence-corrected chi connectivity index (χ0v) is 7.94. The van der Waals surface area contributed by atoms with Gasteiger partial charge in [0.05, 0.1) is 0 Å². The van der Waals surface area contributed by atoms with Crippen LogP contribution in [0.15, 0.2) is 0 Å². The maximum absolute atomic E-state index is 11.1. The van der Waals surface area contributed by atoms with Crippen molar-refractivity contribution < 1.29 is 4.79 Å².